The Morgan fingerprint density at radius 3 is 2.62 bits per heavy atom. The number of hydrogen-bond donors (Lipinski definition) is 2. The van der Waals surface area contributed by atoms with E-state index in [9.17, 15) is 4.39 Å². The quantitative estimate of drug-likeness (QED) is 0.353. The van der Waals surface area contributed by atoms with Crippen LogP contribution in [0.3, 0.4) is 0 Å². The number of fused-ring (bicyclic) bond motifs is 1. The van der Waals surface area contributed by atoms with Crippen LogP contribution >= 0.6 is 0 Å². The molecule has 0 spiro atoms. The Hall–Kier alpha value is -3.84. The molecular weight excluding hydrogens is 427 g/mol. The first kappa shape index (κ1) is 20.7. The topological polar surface area (TPSA) is 73.5 Å². The van der Waals surface area contributed by atoms with E-state index in [1.54, 1.807) is 18.5 Å². The first-order valence-electron chi connectivity index (χ1n) is 11.7. The zero-order valence-electron chi connectivity index (χ0n) is 18.8. The summed E-state index contributed by atoms with van der Waals surface area (Å²) in [5, 5.41) is 8.68. The lowest BCUT2D eigenvalue weighted by Gasteiger charge is -2.26. The lowest BCUT2D eigenvalue weighted by atomic mass is 10.0. The highest BCUT2D eigenvalue weighted by atomic mass is 19.1. The van der Waals surface area contributed by atoms with Gasteiger partial charge >= 0.3 is 0 Å². The maximum Gasteiger partial charge on any atom is 0.123 e. The van der Waals surface area contributed by atoms with Crippen LogP contribution in [0.15, 0.2) is 67.3 Å². The molecular formula is C27H25FN6. The first-order chi connectivity index (χ1) is 16.7. The highest BCUT2D eigenvalue weighted by Crippen LogP contribution is 2.32. The smallest absolute Gasteiger partial charge is 0.123 e. The number of benzene rings is 1. The summed E-state index contributed by atoms with van der Waals surface area (Å²) >= 11 is 0. The number of aromatic nitrogens is 5. The van der Waals surface area contributed by atoms with Crippen molar-refractivity contribution < 1.29 is 4.39 Å². The number of nitrogens with one attached hydrogen (secondary N) is 2. The van der Waals surface area contributed by atoms with E-state index < -0.39 is 0 Å². The fourth-order valence-corrected chi connectivity index (χ4v) is 4.78. The predicted molar refractivity (Wildman–Crippen MR) is 131 cm³/mol. The van der Waals surface area contributed by atoms with Gasteiger partial charge in [0.2, 0.25) is 0 Å². The van der Waals surface area contributed by atoms with Crippen LogP contribution in [0, 0.1) is 5.82 Å². The van der Waals surface area contributed by atoms with Crippen molar-refractivity contribution in [3.63, 3.8) is 0 Å². The van der Waals surface area contributed by atoms with E-state index in [-0.39, 0.29) is 5.82 Å². The largest absolute Gasteiger partial charge is 0.352 e. The number of halogens is 1. The van der Waals surface area contributed by atoms with Gasteiger partial charge in [0, 0.05) is 41.6 Å². The molecule has 1 saturated heterocycles. The van der Waals surface area contributed by atoms with E-state index in [1.807, 2.05) is 24.5 Å². The number of aromatic amines is 2. The zero-order valence-corrected chi connectivity index (χ0v) is 18.8. The molecule has 6 rings (SSSR count). The van der Waals surface area contributed by atoms with E-state index in [4.69, 9.17) is 0 Å². The zero-order chi connectivity index (χ0) is 22.9. The number of likely N-dealkylation sites (tertiary alicyclic amines) is 1. The lowest BCUT2D eigenvalue weighted by Crippen LogP contribution is -2.29. The Kier molecular flexibility index (Phi) is 5.39. The average molecular weight is 453 g/mol. The third kappa shape index (κ3) is 4.10. The van der Waals surface area contributed by atoms with Gasteiger partial charge in [-0.1, -0.05) is 18.6 Å². The maximum absolute atomic E-state index is 13.8. The van der Waals surface area contributed by atoms with E-state index >= 15 is 0 Å². The van der Waals surface area contributed by atoms with Crippen LogP contribution in [0.25, 0.3) is 44.7 Å². The standard InChI is InChI=1S/C27H25FN6/c28-21-6-4-5-19(10-21)23-15-30-16-27-22(23)11-25(31-27)26-12-24(32-33-26)20-9-18(13-29-14-20)17-34-7-2-1-3-8-34/h4-6,9-16,31H,1-3,7-8,17H2,(H,32,33). The van der Waals surface area contributed by atoms with Crippen LogP contribution in [0.2, 0.25) is 0 Å². The number of nitrogens with zero attached hydrogens (tertiary/aromatic N) is 4. The summed E-state index contributed by atoms with van der Waals surface area (Å²) in [4.78, 5) is 14.7. The van der Waals surface area contributed by atoms with Crippen molar-refractivity contribution >= 4 is 10.9 Å². The van der Waals surface area contributed by atoms with Gasteiger partial charge in [-0.2, -0.15) is 5.10 Å². The summed E-state index contributed by atoms with van der Waals surface area (Å²) in [6.45, 7) is 3.24. The molecule has 1 aliphatic heterocycles. The third-order valence-corrected chi connectivity index (χ3v) is 6.49. The van der Waals surface area contributed by atoms with E-state index in [0.29, 0.717) is 0 Å². The second-order valence-electron chi connectivity index (χ2n) is 8.93. The Bertz CT molecular complexity index is 1450. The van der Waals surface area contributed by atoms with Crippen molar-refractivity contribution in [2.45, 2.75) is 25.8 Å². The number of rotatable bonds is 5. The highest BCUT2D eigenvalue weighted by molar-refractivity contribution is 5.97. The summed E-state index contributed by atoms with van der Waals surface area (Å²) < 4.78 is 13.8. The molecule has 7 heteroatoms. The monoisotopic (exact) mass is 452 g/mol. The van der Waals surface area contributed by atoms with Crippen LogP contribution in [0.5, 0.6) is 0 Å². The van der Waals surface area contributed by atoms with Crippen molar-refractivity contribution in [2.75, 3.05) is 13.1 Å². The van der Waals surface area contributed by atoms with E-state index in [1.165, 1.54) is 37.0 Å². The molecule has 1 aromatic carbocycles. The highest BCUT2D eigenvalue weighted by Gasteiger charge is 2.14. The molecule has 5 heterocycles. The minimum atomic E-state index is -0.264. The van der Waals surface area contributed by atoms with Crippen molar-refractivity contribution in [3.05, 3.63) is 78.6 Å². The SMILES string of the molecule is Fc1cccc(-c2cncc3[nH]c(-c4cc(-c5cncc(CN6CCCCC6)c5)n[nH]4)cc23)c1. The van der Waals surface area contributed by atoms with Gasteiger partial charge in [-0.25, -0.2) is 4.39 Å². The van der Waals surface area contributed by atoms with Crippen LogP contribution in [-0.4, -0.2) is 43.1 Å². The second-order valence-corrected chi connectivity index (χ2v) is 8.93. The minimum Gasteiger partial charge on any atom is -0.352 e. The van der Waals surface area contributed by atoms with Gasteiger partial charge in [0.05, 0.1) is 28.8 Å². The molecule has 5 aromatic rings. The normalized spacial score (nSPS) is 14.6. The Balaban J connectivity index is 1.29. The fraction of sp³-hybridized carbons (Fsp3) is 0.222. The fourth-order valence-electron chi connectivity index (χ4n) is 4.78. The van der Waals surface area contributed by atoms with Gasteiger partial charge in [0.15, 0.2) is 0 Å². The van der Waals surface area contributed by atoms with Gasteiger partial charge in [-0.3, -0.25) is 20.0 Å². The molecule has 6 nitrogen and oxygen atoms in total. The van der Waals surface area contributed by atoms with Gasteiger partial charge in [0.1, 0.15) is 5.82 Å². The first-order valence-corrected chi connectivity index (χ1v) is 11.7. The van der Waals surface area contributed by atoms with E-state index in [2.05, 4.69) is 42.2 Å². The van der Waals surface area contributed by atoms with Crippen LogP contribution in [-0.2, 0) is 6.54 Å². The number of pyridine rings is 2. The summed E-state index contributed by atoms with van der Waals surface area (Å²) in [7, 11) is 0. The van der Waals surface area contributed by atoms with Crippen LogP contribution < -0.4 is 0 Å². The molecule has 0 atom stereocenters. The molecule has 0 aliphatic carbocycles. The van der Waals surface area contributed by atoms with Crippen LogP contribution in [0.1, 0.15) is 24.8 Å². The summed E-state index contributed by atoms with van der Waals surface area (Å²) in [6, 6.07) is 12.8. The van der Waals surface area contributed by atoms with Gasteiger partial charge < -0.3 is 4.98 Å². The predicted octanol–water partition coefficient (Wildman–Crippen LogP) is 5.81. The average Bonchev–Trinajstić information content (AvgIpc) is 3.52. The second kappa shape index (κ2) is 8.83. The molecule has 34 heavy (non-hydrogen) atoms. The molecule has 0 saturated carbocycles. The van der Waals surface area contributed by atoms with Crippen molar-refractivity contribution in [1.82, 2.24) is 30.0 Å². The molecule has 2 N–H and O–H groups in total. The van der Waals surface area contributed by atoms with Gasteiger partial charge in [-0.05, 0) is 67.4 Å². The number of piperidine rings is 1. The lowest BCUT2D eigenvalue weighted by molar-refractivity contribution is 0.220. The summed E-state index contributed by atoms with van der Waals surface area (Å²) in [6.07, 6.45) is 11.2. The number of H-pyrrole nitrogens is 2. The molecule has 170 valence electrons. The summed E-state index contributed by atoms with van der Waals surface area (Å²) in [5.41, 5.74) is 7.40. The molecule has 1 aliphatic rings. The molecule has 4 aromatic heterocycles. The van der Waals surface area contributed by atoms with Crippen molar-refractivity contribution in [3.8, 4) is 33.8 Å². The molecule has 0 unspecified atom stereocenters. The van der Waals surface area contributed by atoms with Gasteiger partial charge in [-0.15, -0.1) is 0 Å². The Morgan fingerprint density at radius 1 is 0.853 bits per heavy atom. The van der Waals surface area contributed by atoms with Crippen molar-refractivity contribution in [1.29, 1.82) is 0 Å². The molecule has 0 amide bonds. The van der Waals surface area contributed by atoms with Crippen LogP contribution in [0.4, 0.5) is 4.39 Å². The molecule has 0 bridgehead atoms. The molecule has 1 fully saturated rings. The maximum atomic E-state index is 13.8. The third-order valence-electron chi connectivity index (χ3n) is 6.49. The van der Waals surface area contributed by atoms with Gasteiger partial charge in [0.25, 0.3) is 0 Å². The molecule has 0 radical (unpaired) electrons. The number of hydrogen-bond acceptors (Lipinski definition) is 4. The van der Waals surface area contributed by atoms with E-state index in [0.717, 1.165) is 64.3 Å². The Morgan fingerprint density at radius 2 is 1.74 bits per heavy atom. The summed E-state index contributed by atoms with van der Waals surface area (Å²) in [5.74, 6) is -0.264. The Labute approximate surface area is 196 Å². The van der Waals surface area contributed by atoms with Crippen molar-refractivity contribution in [2.24, 2.45) is 0 Å². The minimum absolute atomic E-state index is 0.264.